The van der Waals surface area contributed by atoms with Gasteiger partial charge in [0, 0.05) is 21.7 Å². The summed E-state index contributed by atoms with van der Waals surface area (Å²) >= 11 is 11.9. The van der Waals surface area contributed by atoms with Crippen molar-refractivity contribution in [2.24, 2.45) is 23.7 Å². The number of hydrazine groups is 1. The lowest BCUT2D eigenvalue weighted by atomic mass is 9.81. The average molecular weight is 488 g/mol. The van der Waals surface area contributed by atoms with Crippen molar-refractivity contribution in [1.29, 1.82) is 0 Å². The zero-order valence-electron chi connectivity index (χ0n) is 17.3. The highest BCUT2D eigenvalue weighted by molar-refractivity contribution is 6.31. The minimum absolute atomic E-state index is 0.138. The Balaban J connectivity index is 1.56. The first-order valence-electron chi connectivity index (χ1n) is 10.6. The van der Waals surface area contributed by atoms with Crippen molar-refractivity contribution < 1.29 is 19.3 Å². The molecule has 0 unspecified atom stereocenters. The van der Waals surface area contributed by atoms with Gasteiger partial charge in [0.05, 0.1) is 28.9 Å². The maximum absolute atomic E-state index is 13.5. The first-order chi connectivity index (χ1) is 15.8. The van der Waals surface area contributed by atoms with E-state index in [4.69, 9.17) is 23.2 Å². The van der Waals surface area contributed by atoms with Crippen LogP contribution in [0.5, 0.6) is 0 Å². The molecular weight excluding hydrogens is 469 g/mol. The zero-order valence-corrected chi connectivity index (χ0v) is 18.8. The molecule has 33 heavy (non-hydrogen) atoms. The summed E-state index contributed by atoms with van der Waals surface area (Å²) in [5, 5.41) is 14.2. The van der Waals surface area contributed by atoms with Crippen molar-refractivity contribution in [2.75, 3.05) is 0 Å². The molecule has 1 heterocycles. The van der Waals surface area contributed by atoms with Crippen LogP contribution in [-0.4, -0.2) is 32.7 Å². The van der Waals surface area contributed by atoms with Gasteiger partial charge in [0.1, 0.15) is 0 Å². The predicted molar refractivity (Wildman–Crippen MR) is 119 cm³/mol. The molecule has 4 atom stereocenters. The van der Waals surface area contributed by atoms with Gasteiger partial charge in [-0.25, -0.2) is 5.01 Å². The van der Waals surface area contributed by atoms with Gasteiger partial charge < -0.3 is 0 Å². The number of imide groups is 1. The third kappa shape index (κ3) is 3.57. The van der Waals surface area contributed by atoms with E-state index >= 15 is 0 Å². The molecule has 0 spiro atoms. The maximum Gasteiger partial charge on any atom is 0.275 e. The van der Waals surface area contributed by atoms with Crippen LogP contribution < -0.4 is 0 Å². The lowest BCUT2D eigenvalue weighted by Gasteiger charge is -2.31. The van der Waals surface area contributed by atoms with E-state index in [-0.39, 0.29) is 40.2 Å². The molecular formula is C23H19Cl2N3O5. The number of benzene rings is 2. The van der Waals surface area contributed by atoms with Gasteiger partial charge in [-0.15, -0.1) is 0 Å². The minimum atomic E-state index is -0.620. The van der Waals surface area contributed by atoms with E-state index in [1.54, 1.807) is 0 Å². The third-order valence-electron chi connectivity index (χ3n) is 7.04. The molecule has 3 aliphatic rings. The van der Waals surface area contributed by atoms with Gasteiger partial charge in [-0.3, -0.25) is 24.5 Å². The van der Waals surface area contributed by atoms with Crippen LogP contribution in [0.25, 0.3) is 0 Å². The lowest BCUT2D eigenvalue weighted by molar-refractivity contribution is -0.385. The first kappa shape index (κ1) is 21.9. The lowest BCUT2D eigenvalue weighted by Crippen LogP contribution is -2.50. The molecule has 2 aliphatic carbocycles. The topological polar surface area (TPSA) is 101 Å². The molecule has 8 nitrogen and oxygen atoms in total. The van der Waals surface area contributed by atoms with E-state index in [1.807, 2.05) is 0 Å². The number of halogens is 2. The number of fused-ring (bicyclic) bond motifs is 5. The van der Waals surface area contributed by atoms with Crippen molar-refractivity contribution >= 4 is 46.6 Å². The van der Waals surface area contributed by atoms with Crippen LogP contribution in [0, 0.1) is 33.8 Å². The maximum atomic E-state index is 13.5. The second-order valence-electron chi connectivity index (χ2n) is 8.77. The highest BCUT2D eigenvalue weighted by Gasteiger charge is 2.62. The smallest absolute Gasteiger partial charge is 0.272 e. The summed E-state index contributed by atoms with van der Waals surface area (Å²) in [6, 6.07) is 10.1. The molecule has 1 saturated heterocycles. The van der Waals surface area contributed by atoms with E-state index in [9.17, 15) is 24.5 Å². The van der Waals surface area contributed by atoms with E-state index in [1.165, 1.54) is 42.5 Å². The molecule has 2 aromatic rings. The molecule has 170 valence electrons. The molecule has 10 heteroatoms. The van der Waals surface area contributed by atoms with Crippen molar-refractivity contribution in [3.05, 3.63) is 73.8 Å². The Morgan fingerprint density at radius 2 is 1.58 bits per heavy atom. The molecule has 2 saturated carbocycles. The summed E-state index contributed by atoms with van der Waals surface area (Å²) in [7, 11) is 0. The Labute approximate surface area is 199 Å². The van der Waals surface area contributed by atoms with Gasteiger partial charge in [0.15, 0.2) is 0 Å². The van der Waals surface area contributed by atoms with Crippen LogP contribution in [0.3, 0.4) is 0 Å². The number of carbonyl (C=O) groups excluding carboxylic acids is 3. The van der Waals surface area contributed by atoms with Crippen molar-refractivity contribution in [1.82, 2.24) is 10.0 Å². The number of hydrogen-bond acceptors (Lipinski definition) is 5. The average Bonchev–Trinajstić information content (AvgIpc) is 3.47. The molecule has 0 radical (unpaired) electrons. The van der Waals surface area contributed by atoms with Crippen LogP contribution in [0.1, 0.15) is 35.2 Å². The molecule has 3 fully saturated rings. The van der Waals surface area contributed by atoms with Crippen LogP contribution in [0.2, 0.25) is 10.0 Å². The fraction of sp³-hybridized carbons (Fsp3) is 0.348. The number of amides is 3. The van der Waals surface area contributed by atoms with Crippen LogP contribution >= 0.6 is 23.2 Å². The fourth-order valence-corrected chi connectivity index (χ4v) is 5.90. The second kappa shape index (κ2) is 8.11. The Kier molecular flexibility index (Phi) is 5.37. The van der Waals surface area contributed by atoms with Crippen molar-refractivity contribution in [3.63, 3.8) is 0 Å². The summed E-state index contributed by atoms with van der Waals surface area (Å²) in [4.78, 5) is 51.4. The largest absolute Gasteiger partial charge is 0.275 e. The Hall–Kier alpha value is -2.97. The predicted octanol–water partition coefficient (Wildman–Crippen LogP) is 4.49. The molecule has 1 aliphatic heterocycles. The molecule has 0 aromatic heterocycles. The quantitative estimate of drug-likeness (QED) is 0.351. The van der Waals surface area contributed by atoms with Gasteiger partial charge in [0.2, 0.25) is 0 Å². The Morgan fingerprint density at radius 1 is 1.00 bits per heavy atom. The van der Waals surface area contributed by atoms with Gasteiger partial charge in [0.25, 0.3) is 23.4 Å². The van der Waals surface area contributed by atoms with E-state index in [0.29, 0.717) is 5.02 Å². The number of hydrogen-bond donors (Lipinski definition) is 0. The summed E-state index contributed by atoms with van der Waals surface area (Å²) in [5.41, 5.74) is 0.0692. The van der Waals surface area contributed by atoms with Crippen LogP contribution in [-0.2, 0) is 16.1 Å². The van der Waals surface area contributed by atoms with E-state index in [0.717, 1.165) is 29.3 Å². The summed E-state index contributed by atoms with van der Waals surface area (Å²) in [6.45, 7) is -0.332. The number of carbonyl (C=O) groups is 3. The molecule has 2 aromatic carbocycles. The standard InChI is InChI=1S/C23H19Cl2N3O5/c24-16-6-3-12(4-7-16)21(29)26(11-15-5-8-17(25)10-18(15)28(32)33)27-22(30)19-13-1-2-14(9-13)20(19)23(27)31/h3-8,10,13-14,19-20H,1-2,9,11H2/t13-,14-,19+,20+/m0/s1. The number of rotatable bonds is 5. The molecule has 5 rings (SSSR count). The number of nitrogens with zero attached hydrogens (tertiary/aromatic N) is 3. The van der Waals surface area contributed by atoms with Gasteiger partial charge in [-0.05, 0) is 67.5 Å². The van der Waals surface area contributed by atoms with Gasteiger partial charge in [-0.1, -0.05) is 23.2 Å². The normalized spacial score (nSPS) is 25.5. The van der Waals surface area contributed by atoms with E-state index in [2.05, 4.69) is 0 Å². The minimum Gasteiger partial charge on any atom is -0.272 e. The van der Waals surface area contributed by atoms with Crippen molar-refractivity contribution in [2.45, 2.75) is 25.8 Å². The SMILES string of the molecule is O=C(c1ccc(Cl)cc1)N(Cc1ccc(Cl)cc1[N+](=O)[O-])N1C(=O)[C@@H]2[C@H]3CC[C@@H](C3)[C@H]2C1=O. The van der Waals surface area contributed by atoms with Gasteiger partial charge >= 0.3 is 0 Å². The summed E-state index contributed by atoms with van der Waals surface area (Å²) in [6.07, 6.45) is 2.65. The van der Waals surface area contributed by atoms with E-state index < -0.39 is 34.5 Å². The summed E-state index contributed by atoms with van der Waals surface area (Å²) in [5.74, 6) is -2.02. The monoisotopic (exact) mass is 487 g/mol. The van der Waals surface area contributed by atoms with Crippen LogP contribution in [0.15, 0.2) is 42.5 Å². The Bertz CT molecular complexity index is 1160. The third-order valence-corrected chi connectivity index (χ3v) is 7.52. The Morgan fingerprint density at radius 3 is 2.15 bits per heavy atom. The first-order valence-corrected chi connectivity index (χ1v) is 11.4. The van der Waals surface area contributed by atoms with Crippen molar-refractivity contribution in [3.8, 4) is 0 Å². The molecule has 3 amide bonds. The molecule has 0 N–H and O–H groups in total. The zero-order chi connectivity index (χ0) is 23.4. The highest BCUT2D eigenvalue weighted by Crippen LogP contribution is 2.56. The summed E-state index contributed by atoms with van der Waals surface area (Å²) < 4.78 is 0. The van der Waals surface area contributed by atoms with Crippen LogP contribution in [0.4, 0.5) is 5.69 Å². The number of nitro benzene ring substituents is 1. The highest BCUT2D eigenvalue weighted by atomic mass is 35.5. The molecule has 2 bridgehead atoms. The second-order valence-corrected chi connectivity index (χ2v) is 9.65. The fourth-order valence-electron chi connectivity index (χ4n) is 5.61. The van der Waals surface area contributed by atoms with Gasteiger partial charge in [-0.2, -0.15) is 5.01 Å². The number of nitro groups is 1.